The third kappa shape index (κ3) is 3.63. The average Bonchev–Trinajstić information content (AvgIpc) is 2.99. The van der Waals surface area contributed by atoms with E-state index in [4.69, 9.17) is 11.6 Å². The second-order valence-corrected chi connectivity index (χ2v) is 6.73. The maximum Gasteiger partial charge on any atom is 0.416 e. The van der Waals surface area contributed by atoms with Crippen molar-refractivity contribution in [2.75, 3.05) is 5.32 Å². The minimum absolute atomic E-state index is 0.0388. The van der Waals surface area contributed by atoms with E-state index in [9.17, 15) is 28.1 Å². The van der Waals surface area contributed by atoms with Crippen molar-refractivity contribution in [1.29, 1.82) is 0 Å². The summed E-state index contributed by atoms with van der Waals surface area (Å²) in [4.78, 5) is 22.8. The Morgan fingerprint density at radius 2 is 1.88 bits per heavy atom. The molecule has 3 aromatic rings. The third-order valence-electron chi connectivity index (χ3n) is 3.48. The summed E-state index contributed by atoms with van der Waals surface area (Å²) < 4.78 is 39.0. The van der Waals surface area contributed by atoms with Crippen LogP contribution in [0.4, 0.5) is 24.5 Å². The van der Waals surface area contributed by atoms with Gasteiger partial charge >= 0.3 is 6.18 Å². The van der Waals surface area contributed by atoms with Gasteiger partial charge in [0.1, 0.15) is 0 Å². The fraction of sp³-hybridized carbons (Fsp3) is 0.0625. The molecule has 0 radical (unpaired) electrons. The van der Waals surface area contributed by atoms with Crippen molar-refractivity contribution in [1.82, 2.24) is 0 Å². The number of alkyl halides is 3. The molecule has 0 aliphatic rings. The number of nitrogens with one attached hydrogen (secondary N) is 1. The first kappa shape index (κ1) is 18.2. The maximum atomic E-state index is 12.8. The first-order chi connectivity index (χ1) is 12.1. The molecule has 0 fully saturated rings. The fourth-order valence-electron chi connectivity index (χ4n) is 2.24. The van der Waals surface area contributed by atoms with Crippen molar-refractivity contribution in [3.05, 3.63) is 68.0 Å². The number of rotatable bonds is 3. The number of halogens is 4. The molecular formula is C16H8ClF3N2O3S. The number of nitrogens with zero attached hydrogens (tertiary/aromatic N) is 1. The van der Waals surface area contributed by atoms with E-state index < -0.39 is 22.6 Å². The average molecular weight is 401 g/mol. The second-order valence-electron chi connectivity index (χ2n) is 5.24. The Labute approximate surface area is 153 Å². The Morgan fingerprint density at radius 3 is 2.54 bits per heavy atom. The molecule has 26 heavy (non-hydrogen) atoms. The Balaban J connectivity index is 1.91. The summed E-state index contributed by atoms with van der Waals surface area (Å²) in [6, 6.07) is 8.18. The topological polar surface area (TPSA) is 72.2 Å². The van der Waals surface area contributed by atoms with Crippen LogP contribution in [-0.2, 0) is 6.18 Å². The molecule has 0 atom stereocenters. The number of nitro groups is 1. The number of anilines is 1. The SMILES string of the molecule is O=C(Nc1cc(C(F)(F)F)ccc1Cl)c1cc2cc([N+](=O)[O-])ccc2s1. The summed E-state index contributed by atoms with van der Waals surface area (Å²) in [7, 11) is 0. The molecular weight excluding hydrogens is 393 g/mol. The lowest BCUT2D eigenvalue weighted by atomic mass is 10.2. The minimum atomic E-state index is -4.57. The number of amides is 1. The van der Waals surface area contributed by atoms with Gasteiger partial charge in [0.05, 0.1) is 26.1 Å². The number of nitro benzene ring substituents is 1. The van der Waals surface area contributed by atoms with Gasteiger partial charge < -0.3 is 5.32 Å². The van der Waals surface area contributed by atoms with Crippen LogP contribution in [0.15, 0.2) is 42.5 Å². The van der Waals surface area contributed by atoms with Crippen LogP contribution in [0, 0.1) is 10.1 Å². The predicted octanol–water partition coefficient (Wildman–Crippen LogP) is 5.73. The van der Waals surface area contributed by atoms with E-state index in [0.717, 1.165) is 29.5 Å². The van der Waals surface area contributed by atoms with Gasteiger partial charge in [-0.2, -0.15) is 13.2 Å². The molecule has 1 N–H and O–H groups in total. The Bertz CT molecular complexity index is 1030. The number of hydrogen-bond acceptors (Lipinski definition) is 4. The van der Waals surface area contributed by atoms with Crippen molar-refractivity contribution in [2.24, 2.45) is 0 Å². The van der Waals surface area contributed by atoms with Crippen molar-refractivity contribution in [3.63, 3.8) is 0 Å². The highest BCUT2D eigenvalue weighted by Crippen LogP contribution is 2.35. The summed E-state index contributed by atoms with van der Waals surface area (Å²) in [5.74, 6) is -0.657. The number of hydrogen-bond donors (Lipinski definition) is 1. The molecule has 0 bridgehead atoms. The third-order valence-corrected chi connectivity index (χ3v) is 4.92. The quantitative estimate of drug-likeness (QED) is 0.450. The van der Waals surface area contributed by atoms with Gasteiger partial charge in [-0.15, -0.1) is 11.3 Å². The van der Waals surface area contributed by atoms with Crippen LogP contribution in [-0.4, -0.2) is 10.8 Å². The van der Waals surface area contributed by atoms with Gasteiger partial charge in [-0.1, -0.05) is 11.6 Å². The normalized spacial score (nSPS) is 11.5. The van der Waals surface area contributed by atoms with Crippen LogP contribution in [0.1, 0.15) is 15.2 Å². The van der Waals surface area contributed by atoms with Gasteiger partial charge in [-0.25, -0.2) is 0 Å². The summed E-state index contributed by atoms with van der Waals surface area (Å²) >= 11 is 6.92. The fourth-order valence-corrected chi connectivity index (χ4v) is 3.34. The highest BCUT2D eigenvalue weighted by molar-refractivity contribution is 7.20. The van der Waals surface area contributed by atoms with E-state index >= 15 is 0 Å². The Morgan fingerprint density at radius 1 is 1.15 bits per heavy atom. The number of benzene rings is 2. The molecule has 0 unspecified atom stereocenters. The minimum Gasteiger partial charge on any atom is -0.320 e. The predicted molar refractivity (Wildman–Crippen MR) is 92.9 cm³/mol. The van der Waals surface area contributed by atoms with E-state index in [1.54, 1.807) is 0 Å². The molecule has 0 saturated carbocycles. The molecule has 3 rings (SSSR count). The molecule has 0 spiro atoms. The van der Waals surface area contributed by atoms with Crippen LogP contribution in [0.2, 0.25) is 5.02 Å². The number of carbonyl (C=O) groups is 1. The van der Waals surface area contributed by atoms with Crippen molar-refractivity contribution < 1.29 is 22.9 Å². The van der Waals surface area contributed by atoms with Crippen LogP contribution in [0.25, 0.3) is 10.1 Å². The summed E-state index contributed by atoms with van der Waals surface area (Å²) in [6.07, 6.45) is -4.57. The molecule has 1 heterocycles. The first-order valence-corrected chi connectivity index (χ1v) is 8.20. The largest absolute Gasteiger partial charge is 0.416 e. The highest BCUT2D eigenvalue weighted by atomic mass is 35.5. The molecule has 134 valence electrons. The van der Waals surface area contributed by atoms with Crippen LogP contribution >= 0.6 is 22.9 Å². The van der Waals surface area contributed by atoms with E-state index in [1.165, 1.54) is 24.3 Å². The van der Waals surface area contributed by atoms with Gasteiger partial charge in [0.15, 0.2) is 0 Å². The van der Waals surface area contributed by atoms with Crippen LogP contribution in [0.3, 0.4) is 0 Å². The van der Waals surface area contributed by atoms with E-state index in [-0.39, 0.29) is 21.3 Å². The lowest BCUT2D eigenvalue weighted by molar-refractivity contribution is -0.384. The molecule has 0 aliphatic carbocycles. The van der Waals surface area contributed by atoms with E-state index in [0.29, 0.717) is 10.1 Å². The number of fused-ring (bicyclic) bond motifs is 1. The second kappa shape index (κ2) is 6.58. The van der Waals surface area contributed by atoms with E-state index in [2.05, 4.69) is 5.32 Å². The molecule has 2 aromatic carbocycles. The Kier molecular flexibility index (Phi) is 4.59. The summed E-state index contributed by atoms with van der Waals surface area (Å²) in [5, 5.41) is 13.6. The zero-order valence-electron chi connectivity index (χ0n) is 12.6. The number of carbonyl (C=O) groups excluding carboxylic acids is 1. The Hall–Kier alpha value is -2.65. The van der Waals surface area contributed by atoms with Crippen molar-refractivity contribution >= 4 is 50.3 Å². The van der Waals surface area contributed by atoms with E-state index in [1.807, 2.05) is 0 Å². The molecule has 1 amide bonds. The first-order valence-electron chi connectivity index (χ1n) is 7.01. The standard InChI is InChI=1S/C16H8ClF3N2O3S/c17-11-3-1-9(16(18,19)20)7-12(11)21-15(23)14-6-8-5-10(22(24)25)2-4-13(8)26-14/h1-7H,(H,21,23). The molecule has 10 heteroatoms. The zero-order valence-corrected chi connectivity index (χ0v) is 14.2. The van der Waals surface area contributed by atoms with Crippen molar-refractivity contribution in [2.45, 2.75) is 6.18 Å². The smallest absolute Gasteiger partial charge is 0.320 e. The molecule has 0 saturated heterocycles. The summed E-state index contributed by atoms with van der Waals surface area (Å²) in [5.41, 5.74) is -1.23. The maximum absolute atomic E-state index is 12.8. The molecule has 0 aliphatic heterocycles. The van der Waals surface area contributed by atoms with Gasteiger partial charge in [0, 0.05) is 22.2 Å². The van der Waals surface area contributed by atoms with Gasteiger partial charge in [0.25, 0.3) is 11.6 Å². The number of thiophene rings is 1. The van der Waals surface area contributed by atoms with Crippen LogP contribution < -0.4 is 5.32 Å². The van der Waals surface area contributed by atoms with Gasteiger partial charge in [-0.3, -0.25) is 14.9 Å². The summed E-state index contributed by atoms with van der Waals surface area (Å²) in [6.45, 7) is 0. The number of non-ortho nitro benzene ring substituents is 1. The lowest BCUT2D eigenvalue weighted by Crippen LogP contribution is -2.12. The van der Waals surface area contributed by atoms with Crippen molar-refractivity contribution in [3.8, 4) is 0 Å². The van der Waals surface area contributed by atoms with Gasteiger partial charge in [0.2, 0.25) is 0 Å². The lowest BCUT2D eigenvalue weighted by Gasteiger charge is -2.11. The molecule has 1 aromatic heterocycles. The van der Waals surface area contributed by atoms with Gasteiger partial charge in [-0.05, 0) is 30.3 Å². The van der Waals surface area contributed by atoms with Crippen LogP contribution in [0.5, 0.6) is 0 Å². The molecule has 5 nitrogen and oxygen atoms in total. The highest BCUT2D eigenvalue weighted by Gasteiger charge is 2.31. The zero-order chi connectivity index (χ0) is 19.1. The monoisotopic (exact) mass is 400 g/mol.